The van der Waals surface area contributed by atoms with Gasteiger partial charge >= 0.3 is 0 Å². The van der Waals surface area contributed by atoms with Crippen LogP contribution in [0.4, 0.5) is 0 Å². The molecule has 0 bridgehead atoms. The number of likely N-dealkylation sites (N-methyl/N-ethyl adjacent to an activating group) is 1. The number of nitrogens with one attached hydrogen (secondary N) is 1. The van der Waals surface area contributed by atoms with Crippen molar-refractivity contribution >= 4 is 26.9 Å². The Morgan fingerprint density at radius 2 is 1.85 bits per heavy atom. The van der Waals surface area contributed by atoms with Crippen molar-refractivity contribution < 1.29 is 4.42 Å². The topological polar surface area (TPSA) is 25.2 Å². The predicted octanol–water partition coefficient (Wildman–Crippen LogP) is 4.70. The SMILES string of the molecule is CNC(Cc1ccccc1Br)c1cc2ccccc2o1. The Bertz CT molecular complexity index is 687. The highest BCUT2D eigenvalue weighted by atomic mass is 79.9. The second-order valence-corrected chi connectivity index (χ2v) is 5.68. The maximum Gasteiger partial charge on any atom is 0.134 e. The van der Waals surface area contributed by atoms with Crippen LogP contribution in [0.1, 0.15) is 17.4 Å². The second-order valence-electron chi connectivity index (χ2n) is 4.82. The lowest BCUT2D eigenvalue weighted by atomic mass is 10.0. The van der Waals surface area contributed by atoms with Gasteiger partial charge in [0.1, 0.15) is 11.3 Å². The van der Waals surface area contributed by atoms with E-state index in [2.05, 4.69) is 51.6 Å². The summed E-state index contributed by atoms with van der Waals surface area (Å²) in [5.41, 5.74) is 2.21. The van der Waals surface area contributed by atoms with Gasteiger partial charge in [0.2, 0.25) is 0 Å². The van der Waals surface area contributed by atoms with Crippen molar-refractivity contribution in [1.29, 1.82) is 0 Å². The lowest BCUT2D eigenvalue weighted by Gasteiger charge is -2.14. The number of fused-ring (bicyclic) bond motifs is 1. The van der Waals surface area contributed by atoms with Crippen LogP contribution >= 0.6 is 15.9 Å². The first-order valence-electron chi connectivity index (χ1n) is 6.67. The third-order valence-corrected chi connectivity index (χ3v) is 4.29. The number of rotatable bonds is 4. The fourth-order valence-corrected chi connectivity index (χ4v) is 2.85. The van der Waals surface area contributed by atoms with E-state index < -0.39 is 0 Å². The monoisotopic (exact) mass is 329 g/mol. The predicted molar refractivity (Wildman–Crippen MR) is 85.9 cm³/mol. The van der Waals surface area contributed by atoms with Crippen LogP contribution in [0.25, 0.3) is 11.0 Å². The lowest BCUT2D eigenvalue weighted by Crippen LogP contribution is -2.18. The molecule has 3 aromatic rings. The van der Waals surface area contributed by atoms with E-state index in [1.165, 1.54) is 5.56 Å². The van der Waals surface area contributed by atoms with Crippen LogP contribution in [0, 0.1) is 0 Å². The lowest BCUT2D eigenvalue weighted by molar-refractivity contribution is 0.450. The van der Waals surface area contributed by atoms with Crippen molar-refractivity contribution in [3.8, 4) is 0 Å². The molecule has 0 fully saturated rings. The molecule has 2 aromatic carbocycles. The van der Waals surface area contributed by atoms with E-state index in [-0.39, 0.29) is 6.04 Å². The molecule has 3 rings (SSSR count). The van der Waals surface area contributed by atoms with Gasteiger partial charge in [-0.15, -0.1) is 0 Å². The molecule has 0 aliphatic carbocycles. The molecule has 3 heteroatoms. The van der Waals surface area contributed by atoms with Crippen LogP contribution in [0.5, 0.6) is 0 Å². The molecule has 20 heavy (non-hydrogen) atoms. The number of para-hydroxylation sites is 1. The maximum absolute atomic E-state index is 5.96. The summed E-state index contributed by atoms with van der Waals surface area (Å²) in [6.45, 7) is 0. The van der Waals surface area contributed by atoms with Crippen molar-refractivity contribution in [2.75, 3.05) is 7.05 Å². The molecule has 0 radical (unpaired) electrons. The average molecular weight is 330 g/mol. The molecule has 1 atom stereocenters. The summed E-state index contributed by atoms with van der Waals surface area (Å²) in [7, 11) is 1.97. The molecule has 1 N–H and O–H groups in total. The van der Waals surface area contributed by atoms with Gasteiger partial charge in [0.05, 0.1) is 6.04 Å². The molecule has 0 amide bonds. The van der Waals surface area contributed by atoms with Crippen LogP contribution in [-0.4, -0.2) is 7.05 Å². The van der Waals surface area contributed by atoms with E-state index in [1.54, 1.807) is 0 Å². The van der Waals surface area contributed by atoms with Gasteiger partial charge in [-0.2, -0.15) is 0 Å². The Hall–Kier alpha value is -1.58. The summed E-state index contributed by atoms with van der Waals surface area (Å²) in [5, 5.41) is 4.49. The number of hydrogen-bond acceptors (Lipinski definition) is 2. The van der Waals surface area contributed by atoms with Crippen LogP contribution in [0.15, 0.2) is 63.5 Å². The van der Waals surface area contributed by atoms with Crippen molar-refractivity contribution in [3.63, 3.8) is 0 Å². The minimum atomic E-state index is 0.168. The molecule has 2 nitrogen and oxygen atoms in total. The first-order valence-corrected chi connectivity index (χ1v) is 7.46. The molecule has 102 valence electrons. The van der Waals surface area contributed by atoms with Crippen molar-refractivity contribution in [2.24, 2.45) is 0 Å². The van der Waals surface area contributed by atoms with E-state index in [4.69, 9.17) is 4.42 Å². The molecular formula is C17H16BrNO. The summed E-state index contributed by atoms with van der Waals surface area (Å²) in [6.07, 6.45) is 0.887. The van der Waals surface area contributed by atoms with Gasteiger partial charge in [-0.25, -0.2) is 0 Å². The molecule has 0 saturated carbocycles. The van der Waals surface area contributed by atoms with Gasteiger partial charge in [0.25, 0.3) is 0 Å². The first-order chi connectivity index (χ1) is 9.78. The molecule has 0 aliphatic rings. The van der Waals surface area contributed by atoms with E-state index in [0.717, 1.165) is 27.6 Å². The van der Waals surface area contributed by atoms with Crippen molar-refractivity contribution in [2.45, 2.75) is 12.5 Å². The zero-order chi connectivity index (χ0) is 13.9. The smallest absolute Gasteiger partial charge is 0.134 e. The molecule has 1 aromatic heterocycles. The van der Waals surface area contributed by atoms with Gasteiger partial charge in [0.15, 0.2) is 0 Å². The van der Waals surface area contributed by atoms with E-state index >= 15 is 0 Å². The minimum absolute atomic E-state index is 0.168. The van der Waals surface area contributed by atoms with E-state index in [0.29, 0.717) is 0 Å². The van der Waals surface area contributed by atoms with Gasteiger partial charge in [-0.3, -0.25) is 0 Å². The Balaban J connectivity index is 1.91. The average Bonchev–Trinajstić information content (AvgIpc) is 2.90. The summed E-state index contributed by atoms with van der Waals surface area (Å²) >= 11 is 3.60. The van der Waals surface area contributed by atoms with E-state index in [9.17, 15) is 0 Å². The van der Waals surface area contributed by atoms with Crippen LogP contribution in [0.2, 0.25) is 0 Å². The zero-order valence-electron chi connectivity index (χ0n) is 11.3. The molecule has 0 spiro atoms. The quantitative estimate of drug-likeness (QED) is 0.750. The Morgan fingerprint density at radius 1 is 1.10 bits per heavy atom. The second kappa shape index (κ2) is 5.81. The third-order valence-electron chi connectivity index (χ3n) is 3.52. The summed E-state index contributed by atoms with van der Waals surface area (Å²) < 4.78 is 7.09. The molecule has 1 unspecified atom stereocenters. The van der Waals surface area contributed by atoms with Gasteiger partial charge < -0.3 is 9.73 Å². The van der Waals surface area contributed by atoms with Crippen LogP contribution < -0.4 is 5.32 Å². The number of halogens is 1. The van der Waals surface area contributed by atoms with Crippen LogP contribution in [0.3, 0.4) is 0 Å². The molecule has 1 heterocycles. The van der Waals surface area contributed by atoms with E-state index in [1.807, 2.05) is 31.3 Å². The standard InChI is InChI=1S/C17H16BrNO/c1-19-15(10-12-6-2-4-8-14(12)18)17-11-13-7-3-5-9-16(13)20-17/h2-9,11,15,19H,10H2,1H3. The van der Waals surface area contributed by atoms with Crippen molar-refractivity contribution in [3.05, 3.63) is 70.4 Å². The number of hydrogen-bond donors (Lipinski definition) is 1. The highest BCUT2D eigenvalue weighted by Crippen LogP contribution is 2.28. The van der Waals surface area contributed by atoms with Gasteiger partial charge in [-0.1, -0.05) is 52.3 Å². The fraction of sp³-hybridized carbons (Fsp3) is 0.176. The summed E-state index contributed by atoms with van der Waals surface area (Å²) in [4.78, 5) is 0. The Morgan fingerprint density at radius 3 is 2.60 bits per heavy atom. The van der Waals surface area contributed by atoms with Crippen LogP contribution in [-0.2, 0) is 6.42 Å². The highest BCUT2D eigenvalue weighted by Gasteiger charge is 2.16. The maximum atomic E-state index is 5.96. The molecule has 0 aliphatic heterocycles. The highest BCUT2D eigenvalue weighted by molar-refractivity contribution is 9.10. The molecular weight excluding hydrogens is 314 g/mol. The number of furan rings is 1. The zero-order valence-corrected chi connectivity index (χ0v) is 12.9. The van der Waals surface area contributed by atoms with Crippen molar-refractivity contribution in [1.82, 2.24) is 5.32 Å². The summed E-state index contributed by atoms with van der Waals surface area (Å²) in [5.74, 6) is 0.976. The minimum Gasteiger partial charge on any atom is -0.459 e. The normalized spacial score (nSPS) is 12.7. The number of benzene rings is 2. The van der Waals surface area contributed by atoms with Gasteiger partial charge in [0, 0.05) is 9.86 Å². The van der Waals surface area contributed by atoms with Gasteiger partial charge in [-0.05, 0) is 37.2 Å². The first kappa shape index (κ1) is 13.4. The Labute approximate surface area is 126 Å². The largest absolute Gasteiger partial charge is 0.459 e. The summed E-state index contributed by atoms with van der Waals surface area (Å²) in [6, 6.07) is 18.7. The third kappa shape index (κ3) is 2.65. The molecule has 0 saturated heterocycles. The Kier molecular flexibility index (Phi) is 3.90. The fourth-order valence-electron chi connectivity index (χ4n) is 2.40.